The van der Waals surface area contributed by atoms with Gasteiger partial charge in [-0.25, -0.2) is 15.0 Å². The first kappa shape index (κ1) is 14.1. The molecule has 0 bridgehead atoms. The first-order valence-electron chi connectivity index (χ1n) is 5.19. The van der Waals surface area contributed by atoms with Gasteiger partial charge in [0.15, 0.2) is 0 Å². The number of nitrogen functional groups attached to an aromatic ring is 1. The van der Waals surface area contributed by atoms with Crippen LogP contribution in [0.1, 0.15) is 16.8 Å². The Balaban J connectivity index is 2.30. The van der Waals surface area contributed by atoms with Crippen LogP contribution in [0.25, 0.3) is 0 Å². The maximum atomic E-state index is 12.3. The van der Waals surface area contributed by atoms with Crippen molar-refractivity contribution in [2.75, 3.05) is 5.73 Å². The Morgan fingerprint density at radius 1 is 1.10 bits per heavy atom. The molecule has 0 fully saturated rings. The van der Waals surface area contributed by atoms with Crippen molar-refractivity contribution in [3.05, 3.63) is 46.6 Å². The molecular weight excluding hydrogens is 293 g/mol. The van der Waals surface area contributed by atoms with Crippen molar-refractivity contribution < 1.29 is 13.2 Å². The fraction of sp³-hybridized carbons (Fsp3) is 0.0833. The van der Waals surface area contributed by atoms with Crippen molar-refractivity contribution in [3.8, 4) is 11.8 Å². The van der Waals surface area contributed by atoms with E-state index in [9.17, 15) is 13.2 Å². The van der Waals surface area contributed by atoms with Crippen LogP contribution in [0.3, 0.4) is 0 Å². The third kappa shape index (κ3) is 3.16. The molecule has 0 atom stereocenters. The number of anilines is 1. The molecule has 2 aromatic heterocycles. The van der Waals surface area contributed by atoms with Crippen LogP contribution in [0.2, 0.25) is 5.15 Å². The number of alkyl halides is 3. The van der Waals surface area contributed by atoms with E-state index >= 15 is 0 Å². The highest BCUT2D eigenvalue weighted by atomic mass is 35.5. The summed E-state index contributed by atoms with van der Waals surface area (Å²) in [6, 6.07) is 2.05. The standard InChI is InChI=1S/C12H6ClF3N4/c13-10-9(11(17)20-6-19-10)4-3-8-2-1-7(5-18-8)12(14,15)16/h1-2,5-6H,(H2,17,19,20). The van der Waals surface area contributed by atoms with Gasteiger partial charge in [-0.15, -0.1) is 0 Å². The van der Waals surface area contributed by atoms with Gasteiger partial charge in [-0.05, 0) is 18.1 Å². The molecule has 20 heavy (non-hydrogen) atoms. The number of aromatic nitrogens is 3. The molecule has 2 heterocycles. The molecule has 0 spiro atoms. The summed E-state index contributed by atoms with van der Waals surface area (Å²) in [5, 5.41) is 0.0666. The zero-order chi connectivity index (χ0) is 14.8. The number of hydrogen-bond acceptors (Lipinski definition) is 4. The van der Waals surface area contributed by atoms with Gasteiger partial charge >= 0.3 is 6.18 Å². The summed E-state index contributed by atoms with van der Waals surface area (Å²) in [6.07, 6.45) is -2.55. The second kappa shape index (κ2) is 5.35. The number of hydrogen-bond donors (Lipinski definition) is 1. The summed E-state index contributed by atoms with van der Waals surface area (Å²) in [6.45, 7) is 0. The van der Waals surface area contributed by atoms with E-state index in [1.807, 2.05) is 0 Å². The van der Waals surface area contributed by atoms with Crippen molar-refractivity contribution in [2.24, 2.45) is 0 Å². The second-order valence-electron chi connectivity index (χ2n) is 3.60. The summed E-state index contributed by atoms with van der Waals surface area (Å²) in [5.41, 5.74) is 5.07. The minimum Gasteiger partial charge on any atom is -0.383 e. The van der Waals surface area contributed by atoms with Crippen LogP contribution in [0, 0.1) is 11.8 Å². The van der Waals surface area contributed by atoms with Gasteiger partial charge in [-0.3, -0.25) is 0 Å². The number of halogens is 4. The van der Waals surface area contributed by atoms with Crippen molar-refractivity contribution >= 4 is 17.4 Å². The Morgan fingerprint density at radius 3 is 2.40 bits per heavy atom. The lowest BCUT2D eigenvalue weighted by Crippen LogP contribution is -2.05. The summed E-state index contributed by atoms with van der Waals surface area (Å²) < 4.78 is 37.0. The first-order valence-corrected chi connectivity index (χ1v) is 5.57. The Bertz CT molecular complexity index is 666. The van der Waals surface area contributed by atoms with Crippen molar-refractivity contribution in [3.63, 3.8) is 0 Å². The zero-order valence-electron chi connectivity index (χ0n) is 9.74. The third-order valence-corrected chi connectivity index (χ3v) is 2.52. The van der Waals surface area contributed by atoms with E-state index in [1.54, 1.807) is 0 Å². The van der Waals surface area contributed by atoms with Crippen molar-refractivity contribution in [2.45, 2.75) is 6.18 Å². The van der Waals surface area contributed by atoms with Gasteiger partial charge in [0.2, 0.25) is 0 Å². The SMILES string of the molecule is Nc1ncnc(Cl)c1C#Cc1ccc(C(F)(F)F)cn1. The summed E-state index contributed by atoms with van der Waals surface area (Å²) in [4.78, 5) is 11.0. The predicted molar refractivity (Wildman–Crippen MR) is 66.7 cm³/mol. The van der Waals surface area contributed by atoms with Gasteiger partial charge < -0.3 is 5.73 Å². The molecule has 0 aliphatic rings. The van der Waals surface area contributed by atoms with E-state index in [2.05, 4.69) is 26.8 Å². The van der Waals surface area contributed by atoms with Crippen LogP contribution in [0.5, 0.6) is 0 Å². The van der Waals surface area contributed by atoms with Gasteiger partial charge in [0.1, 0.15) is 28.6 Å². The molecule has 0 aromatic carbocycles. The molecule has 0 radical (unpaired) electrons. The monoisotopic (exact) mass is 298 g/mol. The molecule has 4 nitrogen and oxygen atoms in total. The van der Waals surface area contributed by atoms with Crippen LogP contribution in [0.4, 0.5) is 19.0 Å². The van der Waals surface area contributed by atoms with E-state index in [4.69, 9.17) is 17.3 Å². The number of rotatable bonds is 0. The Kier molecular flexibility index (Phi) is 3.77. The van der Waals surface area contributed by atoms with Gasteiger partial charge in [-0.2, -0.15) is 13.2 Å². The van der Waals surface area contributed by atoms with Crippen LogP contribution in [0.15, 0.2) is 24.7 Å². The Morgan fingerprint density at radius 2 is 1.85 bits per heavy atom. The van der Waals surface area contributed by atoms with E-state index in [-0.39, 0.29) is 22.2 Å². The Hall–Kier alpha value is -2.33. The van der Waals surface area contributed by atoms with Crippen molar-refractivity contribution in [1.82, 2.24) is 15.0 Å². The molecule has 0 saturated carbocycles. The fourth-order valence-electron chi connectivity index (χ4n) is 1.25. The maximum Gasteiger partial charge on any atom is 0.417 e. The average molecular weight is 299 g/mol. The highest BCUT2D eigenvalue weighted by Gasteiger charge is 2.30. The fourth-order valence-corrected chi connectivity index (χ4v) is 1.44. The third-order valence-electron chi connectivity index (χ3n) is 2.24. The van der Waals surface area contributed by atoms with Gasteiger partial charge in [0.05, 0.1) is 5.56 Å². The highest BCUT2D eigenvalue weighted by Crippen LogP contribution is 2.28. The number of pyridine rings is 1. The highest BCUT2D eigenvalue weighted by molar-refractivity contribution is 6.30. The maximum absolute atomic E-state index is 12.3. The van der Waals surface area contributed by atoms with E-state index in [1.165, 1.54) is 6.33 Å². The minimum absolute atomic E-state index is 0.0666. The molecule has 0 amide bonds. The van der Waals surface area contributed by atoms with Crippen LogP contribution in [-0.2, 0) is 6.18 Å². The van der Waals surface area contributed by atoms with E-state index in [0.717, 1.165) is 12.1 Å². The Labute approximate surface area is 116 Å². The molecule has 2 N–H and O–H groups in total. The molecule has 102 valence electrons. The molecule has 2 aromatic rings. The van der Waals surface area contributed by atoms with Gasteiger partial charge in [0, 0.05) is 6.20 Å². The lowest BCUT2D eigenvalue weighted by Gasteiger charge is -2.04. The lowest BCUT2D eigenvalue weighted by molar-refractivity contribution is -0.137. The molecule has 0 saturated heterocycles. The summed E-state index contributed by atoms with van der Waals surface area (Å²) in [7, 11) is 0. The predicted octanol–water partition coefficient (Wildman–Crippen LogP) is 2.53. The average Bonchev–Trinajstić information content (AvgIpc) is 2.37. The lowest BCUT2D eigenvalue weighted by atomic mass is 10.2. The van der Waals surface area contributed by atoms with E-state index in [0.29, 0.717) is 6.20 Å². The number of nitrogens with two attached hydrogens (primary N) is 1. The minimum atomic E-state index is -4.43. The quantitative estimate of drug-likeness (QED) is 0.599. The van der Waals surface area contributed by atoms with E-state index < -0.39 is 11.7 Å². The topological polar surface area (TPSA) is 64.7 Å². The summed E-state index contributed by atoms with van der Waals surface area (Å²) in [5.74, 6) is 5.22. The zero-order valence-corrected chi connectivity index (χ0v) is 10.5. The largest absolute Gasteiger partial charge is 0.417 e. The normalized spacial score (nSPS) is 10.8. The number of nitrogens with zero attached hydrogens (tertiary/aromatic N) is 3. The molecule has 8 heteroatoms. The molecular formula is C12H6ClF3N4. The molecule has 0 aliphatic carbocycles. The second-order valence-corrected chi connectivity index (χ2v) is 3.96. The van der Waals surface area contributed by atoms with Gasteiger partial charge in [-0.1, -0.05) is 17.5 Å². The molecule has 0 aliphatic heterocycles. The smallest absolute Gasteiger partial charge is 0.383 e. The van der Waals surface area contributed by atoms with Crippen LogP contribution in [-0.4, -0.2) is 15.0 Å². The van der Waals surface area contributed by atoms with Crippen molar-refractivity contribution in [1.29, 1.82) is 0 Å². The summed E-state index contributed by atoms with van der Waals surface area (Å²) >= 11 is 5.78. The molecule has 0 unspecified atom stereocenters. The van der Waals surface area contributed by atoms with Crippen LogP contribution < -0.4 is 5.73 Å². The molecule has 2 rings (SSSR count). The first-order chi connectivity index (χ1) is 9.38. The van der Waals surface area contributed by atoms with Gasteiger partial charge in [0.25, 0.3) is 0 Å². The van der Waals surface area contributed by atoms with Crippen LogP contribution >= 0.6 is 11.6 Å².